The summed E-state index contributed by atoms with van der Waals surface area (Å²) < 4.78 is 11.0. The van der Waals surface area contributed by atoms with Crippen LogP contribution in [0.4, 0.5) is 0 Å². The van der Waals surface area contributed by atoms with E-state index in [1.54, 1.807) is 0 Å². The summed E-state index contributed by atoms with van der Waals surface area (Å²) >= 11 is 0. The van der Waals surface area contributed by atoms with Crippen molar-refractivity contribution in [1.82, 2.24) is 5.32 Å². The SMILES string of the molecule is CCOC(CNC(C)CCCC(C)C)OCC. The van der Waals surface area contributed by atoms with E-state index < -0.39 is 0 Å². The quantitative estimate of drug-likeness (QED) is 0.567. The third-order valence-electron chi connectivity index (χ3n) is 2.76. The molecular formula is C14H31NO2. The van der Waals surface area contributed by atoms with E-state index in [0.29, 0.717) is 19.3 Å². The van der Waals surface area contributed by atoms with Crippen molar-refractivity contribution in [2.75, 3.05) is 19.8 Å². The third kappa shape index (κ3) is 10.7. The Labute approximate surface area is 107 Å². The summed E-state index contributed by atoms with van der Waals surface area (Å²) in [6, 6.07) is 0.539. The highest BCUT2D eigenvalue weighted by atomic mass is 16.7. The van der Waals surface area contributed by atoms with Crippen molar-refractivity contribution in [2.24, 2.45) is 5.92 Å². The van der Waals surface area contributed by atoms with Gasteiger partial charge in [0.2, 0.25) is 0 Å². The van der Waals surface area contributed by atoms with Gasteiger partial charge in [0.05, 0.1) is 0 Å². The molecule has 1 unspecified atom stereocenters. The number of hydrogen-bond acceptors (Lipinski definition) is 3. The van der Waals surface area contributed by atoms with Gasteiger partial charge in [-0.2, -0.15) is 0 Å². The van der Waals surface area contributed by atoms with Gasteiger partial charge in [-0.25, -0.2) is 0 Å². The fraction of sp³-hybridized carbons (Fsp3) is 1.00. The average Bonchev–Trinajstić information content (AvgIpc) is 2.26. The second-order valence-corrected chi connectivity index (χ2v) is 4.97. The Bertz CT molecular complexity index is 156. The largest absolute Gasteiger partial charge is 0.352 e. The first kappa shape index (κ1) is 16.9. The molecule has 0 radical (unpaired) electrons. The molecule has 0 amide bonds. The molecule has 17 heavy (non-hydrogen) atoms. The van der Waals surface area contributed by atoms with Crippen molar-refractivity contribution in [3.05, 3.63) is 0 Å². The Morgan fingerprint density at radius 2 is 1.53 bits per heavy atom. The molecule has 0 heterocycles. The fourth-order valence-corrected chi connectivity index (χ4v) is 1.77. The van der Waals surface area contributed by atoms with Gasteiger partial charge in [0.15, 0.2) is 6.29 Å². The lowest BCUT2D eigenvalue weighted by atomic mass is 10.0. The highest BCUT2D eigenvalue weighted by Gasteiger charge is 2.09. The minimum absolute atomic E-state index is 0.0995. The number of nitrogens with one attached hydrogen (secondary N) is 1. The molecule has 0 rings (SSSR count). The predicted octanol–water partition coefficient (Wildman–Crippen LogP) is 3.19. The van der Waals surface area contributed by atoms with Crippen molar-refractivity contribution in [3.8, 4) is 0 Å². The van der Waals surface area contributed by atoms with Crippen LogP contribution in [0, 0.1) is 5.92 Å². The molecule has 1 N–H and O–H groups in total. The van der Waals surface area contributed by atoms with Crippen molar-refractivity contribution in [3.63, 3.8) is 0 Å². The van der Waals surface area contributed by atoms with Crippen LogP contribution in [0.5, 0.6) is 0 Å². The van der Waals surface area contributed by atoms with E-state index in [1.807, 2.05) is 13.8 Å². The molecule has 0 aromatic heterocycles. The minimum atomic E-state index is -0.0995. The number of hydrogen-bond donors (Lipinski definition) is 1. The van der Waals surface area contributed by atoms with Crippen molar-refractivity contribution >= 4 is 0 Å². The summed E-state index contributed by atoms with van der Waals surface area (Å²) in [5, 5.41) is 3.48. The maximum atomic E-state index is 5.49. The summed E-state index contributed by atoms with van der Waals surface area (Å²) in [4.78, 5) is 0. The molecule has 0 fully saturated rings. The molecule has 3 heteroatoms. The van der Waals surface area contributed by atoms with Crippen LogP contribution in [0.15, 0.2) is 0 Å². The monoisotopic (exact) mass is 245 g/mol. The van der Waals surface area contributed by atoms with Crippen molar-refractivity contribution in [1.29, 1.82) is 0 Å². The van der Waals surface area contributed by atoms with Gasteiger partial charge >= 0.3 is 0 Å². The van der Waals surface area contributed by atoms with Crippen LogP contribution in [0.2, 0.25) is 0 Å². The molecule has 1 atom stereocenters. The van der Waals surface area contributed by atoms with Crippen LogP contribution >= 0.6 is 0 Å². The fourth-order valence-electron chi connectivity index (χ4n) is 1.77. The van der Waals surface area contributed by atoms with Crippen LogP contribution in [-0.4, -0.2) is 32.1 Å². The molecule has 0 aliphatic rings. The number of rotatable bonds is 11. The zero-order valence-electron chi connectivity index (χ0n) is 12.3. The standard InChI is InChI=1S/C14H31NO2/c1-6-16-14(17-7-2)11-15-13(5)10-8-9-12(3)4/h12-15H,6-11H2,1-5H3. The Hall–Kier alpha value is -0.120. The minimum Gasteiger partial charge on any atom is -0.352 e. The van der Waals surface area contributed by atoms with Crippen LogP contribution in [0.1, 0.15) is 53.9 Å². The summed E-state index contributed by atoms with van der Waals surface area (Å²) in [5.41, 5.74) is 0. The molecule has 0 aromatic carbocycles. The van der Waals surface area contributed by atoms with Crippen LogP contribution < -0.4 is 5.32 Å². The van der Waals surface area contributed by atoms with Crippen molar-refractivity contribution in [2.45, 2.75) is 66.2 Å². The second-order valence-electron chi connectivity index (χ2n) is 4.97. The third-order valence-corrected chi connectivity index (χ3v) is 2.76. The zero-order chi connectivity index (χ0) is 13.1. The highest BCUT2D eigenvalue weighted by Crippen LogP contribution is 2.08. The van der Waals surface area contributed by atoms with Gasteiger partial charge in [-0.1, -0.05) is 26.7 Å². The highest BCUT2D eigenvalue weighted by molar-refractivity contribution is 4.63. The summed E-state index contributed by atoms with van der Waals surface area (Å²) in [7, 11) is 0. The zero-order valence-corrected chi connectivity index (χ0v) is 12.3. The van der Waals surface area contributed by atoms with Crippen LogP contribution in [0.25, 0.3) is 0 Å². The van der Waals surface area contributed by atoms with Gasteiger partial charge in [-0.3, -0.25) is 0 Å². The Morgan fingerprint density at radius 1 is 0.941 bits per heavy atom. The van der Waals surface area contributed by atoms with Gasteiger partial charge in [-0.05, 0) is 33.1 Å². The maximum absolute atomic E-state index is 5.49. The van der Waals surface area contributed by atoms with Gasteiger partial charge in [0.25, 0.3) is 0 Å². The van der Waals surface area contributed by atoms with E-state index >= 15 is 0 Å². The Balaban J connectivity index is 3.60. The van der Waals surface area contributed by atoms with E-state index in [1.165, 1.54) is 19.3 Å². The maximum Gasteiger partial charge on any atom is 0.169 e. The Kier molecular flexibility index (Phi) is 10.9. The normalized spacial score (nSPS) is 13.6. The van der Waals surface area contributed by atoms with E-state index in [9.17, 15) is 0 Å². The van der Waals surface area contributed by atoms with Gasteiger partial charge < -0.3 is 14.8 Å². The summed E-state index contributed by atoms with van der Waals surface area (Å²) in [6.45, 7) is 13.0. The molecular weight excluding hydrogens is 214 g/mol. The van der Waals surface area contributed by atoms with Crippen LogP contribution in [-0.2, 0) is 9.47 Å². The summed E-state index contributed by atoms with van der Waals surface area (Å²) in [5.74, 6) is 0.807. The van der Waals surface area contributed by atoms with Gasteiger partial charge in [0, 0.05) is 25.8 Å². The van der Waals surface area contributed by atoms with E-state index in [4.69, 9.17) is 9.47 Å². The molecule has 3 nitrogen and oxygen atoms in total. The van der Waals surface area contributed by atoms with E-state index in [2.05, 4.69) is 26.1 Å². The van der Waals surface area contributed by atoms with Gasteiger partial charge in [-0.15, -0.1) is 0 Å². The van der Waals surface area contributed by atoms with E-state index in [0.717, 1.165) is 12.5 Å². The van der Waals surface area contributed by atoms with E-state index in [-0.39, 0.29) is 6.29 Å². The average molecular weight is 245 g/mol. The van der Waals surface area contributed by atoms with Gasteiger partial charge in [0.1, 0.15) is 0 Å². The summed E-state index contributed by atoms with van der Waals surface area (Å²) in [6.07, 6.45) is 3.73. The number of ether oxygens (including phenoxy) is 2. The lowest BCUT2D eigenvalue weighted by molar-refractivity contribution is -0.133. The lowest BCUT2D eigenvalue weighted by Gasteiger charge is -2.20. The smallest absolute Gasteiger partial charge is 0.169 e. The first-order valence-corrected chi connectivity index (χ1v) is 7.06. The predicted molar refractivity (Wildman–Crippen MR) is 73.2 cm³/mol. The molecule has 0 saturated carbocycles. The van der Waals surface area contributed by atoms with Crippen LogP contribution in [0.3, 0.4) is 0 Å². The first-order chi connectivity index (χ1) is 8.10. The topological polar surface area (TPSA) is 30.5 Å². The second kappa shape index (κ2) is 11.0. The molecule has 0 bridgehead atoms. The molecule has 0 spiro atoms. The molecule has 104 valence electrons. The first-order valence-electron chi connectivity index (χ1n) is 7.06. The molecule has 0 aliphatic carbocycles. The molecule has 0 saturated heterocycles. The molecule has 0 aromatic rings. The lowest BCUT2D eigenvalue weighted by Crippen LogP contribution is -2.36. The molecule has 0 aliphatic heterocycles. The Morgan fingerprint density at radius 3 is 2.00 bits per heavy atom. The van der Waals surface area contributed by atoms with Crippen molar-refractivity contribution < 1.29 is 9.47 Å².